The summed E-state index contributed by atoms with van der Waals surface area (Å²) in [4.78, 5) is 0. The Morgan fingerprint density at radius 3 is 2.53 bits per heavy atom. The van der Waals surface area contributed by atoms with Gasteiger partial charge in [-0.3, -0.25) is 9.36 Å². The third kappa shape index (κ3) is 2.39. The zero-order valence-electron chi connectivity index (χ0n) is 10.8. The van der Waals surface area contributed by atoms with Crippen molar-refractivity contribution in [3.8, 4) is 0 Å². The average molecular weight is 233 g/mol. The maximum atomic E-state index is 4.47. The highest BCUT2D eigenvalue weighted by Gasteiger charge is 2.19. The summed E-state index contributed by atoms with van der Waals surface area (Å²) in [7, 11) is 3.88. The van der Waals surface area contributed by atoms with Crippen LogP contribution in [0.4, 0.5) is 0 Å². The van der Waals surface area contributed by atoms with E-state index in [1.165, 1.54) is 5.56 Å². The largest absolute Gasteiger partial charge is 0.305 e. The third-order valence-corrected chi connectivity index (χ3v) is 2.80. The number of rotatable bonds is 4. The number of hydrogen-bond acceptors (Lipinski definition) is 3. The van der Waals surface area contributed by atoms with Crippen LogP contribution in [0.1, 0.15) is 29.9 Å². The summed E-state index contributed by atoms with van der Waals surface area (Å²) in [6, 6.07) is 2.16. The first-order chi connectivity index (χ1) is 8.11. The molecular formula is C12H19N5. The Labute approximate surface area is 101 Å². The molecule has 92 valence electrons. The first-order valence-corrected chi connectivity index (χ1v) is 5.85. The van der Waals surface area contributed by atoms with Gasteiger partial charge in [-0.05, 0) is 19.5 Å². The molecular weight excluding hydrogens is 214 g/mol. The van der Waals surface area contributed by atoms with Gasteiger partial charge in [-0.15, -0.1) is 0 Å². The highest BCUT2D eigenvalue weighted by Crippen LogP contribution is 2.22. The molecule has 2 heterocycles. The summed E-state index contributed by atoms with van der Waals surface area (Å²) in [5.74, 6) is 0. The van der Waals surface area contributed by atoms with E-state index in [4.69, 9.17) is 0 Å². The van der Waals surface area contributed by atoms with Crippen molar-refractivity contribution < 1.29 is 0 Å². The second kappa shape index (κ2) is 4.71. The smallest absolute Gasteiger partial charge is 0.0840 e. The lowest BCUT2D eigenvalue weighted by Gasteiger charge is -2.14. The van der Waals surface area contributed by atoms with E-state index in [0.29, 0.717) is 0 Å². The molecule has 5 nitrogen and oxygen atoms in total. The molecule has 0 fully saturated rings. The van der Waals surface area contributed by atoms with Crippen LogP contribution in [0.15, 0.2) is 18.5 Å². The van der Waals surface area contributed by atoms with E-state index in [0.717, 1.165) is 17.9 Å². The minimum absolute atomic E-state index is 0.120. The van der Waals surface area contributed by atoms with Crippen molar-refractivity contribution in [2.24, 2.45) is 14.1 Å². The summed E-state index contributed by atoms with van der Waals surface area (Å²) in [6.07, 6.45) is 4.02. The molecule has 5 heteroatoms. The average Bonchev–Trinajstić information content (AvgIpc) is 2.82. The molecule has 0 bridgehead atoms. The van der Waals surface area contributed by atoms with Crippen molar-refractivity contribution >= 4 is 0 Å². The summed E-state index contributed by atoms with van der Waals surface area (Å²) in [5.41, 5.74) is 3.27. The Hall–Kier alpha value is -1.62. The van der Waals surface area contributed by atoms with Gasteiger partial charge in [0.15, 0.2) is 0 Å². The first kappa shape index (κ1) is 11.9. The molecule has 0 aliphatic rings. The van der Waals surface area contributed by atoms with Gasteiger partial charge in [0, 0.05) is 32.1 Å². The molecule has 17 heavy (non-hydrogen) atoms. The highest BCUT2D eigenvalue weighted by molar-refractivity contribution is 5.28. The molecule has 0 aliphatic heterocycles. The molecule has 0 aliphatic carbocycles. The van der Waals surface area contributed by atoms with E-state index in [-0.39, 0.29) is 6.04 Å². The van der Waals surface area contributed by atoms with Gasteiger partial charge in [-0.2, -0.15) is 10.2 Å². The van der Waals surface area contributed by atoms with Gasteiger partial charge in [0.1, 0.15) is 0 Å². The van der Waals surface area contributed by atoms with E-state index < -0.39 is 0 Å². The van der Waals surface area contributed by atoms with Crippen molar-refractivity contribution in [1.82, 2.24) is 24.9 Å². The molecule has 0 amide bonds. The maximum absolute atomic E-state index is 4.47. The van der Waals surface area contributed by atoms with Gasteiger partial charge in [-0.1, -0.05) is 6.92 Å². The zero-order chi connectivity index (χ0) is 12.4. The van der Waals surface area contributed by atoms with Gasteiger partial charge in [-0.25, -0.2) is 0 Å². The minimum Gasteiger partial charge on any atom is -0.305 e. The standard InChI is InChI=1S/C12H19N5/c1-5-13-12(11-6-7-16(3)15-11)10-8-17(4)14-9(10)2/h6-8,12-13H,5H2,1-4H3. The van der Waals surface area contributed by atoms with E-state index in [2.05, 4.69) is 28.6 Å². The molecule has 2 aromatic heterocycles. The normalized spacial score (nSPS) is 12.9. The summed E-state index contributed by atoms with van der Waals surface area (Å²) in [5, 5.41) is 12.3. The molecule has 0 spiro atoms. The van der Waals surface area contributed by atoms with Crippen molar-refractivity contribution in [2.45, 2.75) is 19.9 Å². The number of hydrogen-bond donors (Lipinski definition) is 1. The fraction of sp³-hybridized carbons (Fsp3) is 0.500. The van der Waals surface area contributed by atoms with Crippen LogP contribution in [0, 0.1) is 6.92 Å². The van der Waals surface area contributed by atoms with Crippen molar-refractivity contribution in [1.29, 1.82) is 0 Å². The Bertz CT molecular complexity index is 497. The number of nitrogens with zero attached hydrogens (tertiary/aromatic N) is 4. The van der Waals surface area contributed by atoms with Gasteiger partial charge in [0.05, 0.1) is 17.4 Å². The van der Waals surface area contributed by atoms with Crippen LogP contribution in [0.5, 0.6) is 0 Å². The maximum Gasteiger partial charge on any atom is 0.0840 e. The second-order valence-electron chi connectivity index (χ2n) is 4.25. The quantitative estimate of drug-likeness (QED) is 0.862. The monoisotopic (exact) mass is 233 g/mol. The number of aryl methyl sites for hydroxylation is 3. The van der Waals surface area contributed by atoms with Gasteiger partial charge in [0.25, 0.3) is 0 Å². The van der Waals surface area contributed by atoms with Crippen LogP contribution < -0.4 is 5.32 Å². The lowest BCUT2D eigenvalue weighted by Crippen LogP contribution is -2.23. The molecule has 1 N–H and O–H groups in total. The Balaban J connectivity index is 2.38. The van der Waals surface area contributed by atoms with Crippen LogP contribution in [-0.2, 0) is 14.1 Å². The Morgan fingerprint density at radius 1 is 1.29 bits per heavy atom. The minimum atomic E-state index is 0.120. The van der Waals surface area contributed by atoms with Crippen LogP contribution in [0.3, 0.4) is 0 Å². The van der Waals surface area contributed by atoms with Crippen molar-refractivity contribution in [3.05, 3.63) is 35.4 Å². The van der Waals surface area contributed by atoms with Crippen molar-refractivity contribution in [3.63, 3.8) is 0 Å². The predicted molar refractivity (Wildman–Crippen MR) is 66.7 cm³/mol. The second-order valence-corrected chi connectivity index (χ2v) is 4.25. The van der Waals surface area contributed by atoms with Crippen LogP contribution in [0.2, 0.25) is 0 Å². The van der Waals surface area contributed by atoms with Crippen LogP contribution >= 0.6 is 0 Å². The van der Waals surface area contributed by atoms with Gasteiger partial charge in [0.2, 0.25) is 0 Å². The molecule has 0 saturated heterocycles. The van der Waals surface area contributed by atoms with Crippen LogP contribution in [-0.4, -0.2) is 26.1 Å². The molecule has 1 atom stereocenters. The number of aromatic nitrogens is 4. The van der Waals surface area contributed by atoms with E-state index >= 15 is 0 Å². The highest BCUT2D eigenvalue weighted by atomic mass is 15.3. The van der Waals surface area contributed by atoms with Crippen molar-refractivity contribution in [2.75, 3.05) is 6.54 Å². The summed E-state index contributed by atoms with van der Waals surface area (Å²) < 4.78 is 3.67. The van der Waals surface area contributed by atoms with E-state index in [1.807, 2.05) is 42.6 Å². The van der Waals surface area contributed by atoms with Crippen LogP contribution in [0.25, 0.3) is 0 Å². The Kier molecular flexibility index (Phi) is 3.28. The predicted octanol–water partition coefficient (Wildman–Crippen LogP) is 1.16. The molecule has 0 saturated carbocycles. The van der Waals surface area contributed by atoms with Gasteiger partial charge < -0.3 is 5.32 Å². The van der Waals surface area contributed by atoms with Gasteiger partial charge >= 0.3 is 0 Å². The summed E-state index contributed by atoms with van der Waals surface area (Å²) in [6.45, 7) is 5.03. The Morgan fingerprint density at radius 2 is 2.06 bits per heavy atom. The fourth-order valence-corrected chi connectivity index (χ4v) is 2.07. The molecule has 2 rings (SSSR count). The lowest BCUT2D eigenvalue weighted by atomic mass is 10.1. The SMILES string of the molecule is CCNC(c1ccn(C)n1)c1cn(C)nc1C. The first-order valence-electron chi connectivity index (χ1n) is 5.85. The topological polar surface area (TPSA) is 47.7 Å². The third-order valence-electron chi connectivity index (χ3n) is 2.80. The zero-order valence-corrected chi connectivity index (χ0v) is 10.8. The molecule has 0 radical (unpaired) electrons. The lowest BCUT2D eigenvalue weighted by molar-refractivity contribution is 0.597. The van der Waals surface area contributed by atoms with E-state index in [9.17, 15) is 0 Å². The fourth-order valence-electron chi connectivity index (χ4n) is 2.07. The van der Waals surface area contributed by atoms with E-state index in [1.54, 1.807) is 0 Å². The summed E-state index contributed by atoms with van der Waals surface area (Å²) >= 11 is 0. The number of nitrogens with one attached hydrogen (secondary N) is 1. The molecule has 2 aromatic rings. The molecule has 0 aromatic carbocycles. The molecule has 1 unspecified atom stereocenters.